The number of hydrogen-bond donors (Lipinski definition) is 2. The normalized spacial score (nSPS) is 15.0. The second-order valence-electron chi connectivity index (χ2n) is 7.31. The van der Waals surface area contributed by atoms with Gasteiger partial charge in [0.25, 0.3) is 5.91 Å². The summed E-state index contributed by atoms with van der Waals surface area (Å²) in [4.78, 5) is 18.2. The van der Waals surface area contributed by atoms with Crippen molar-refractivity contribution in [1.82, 2.24) is 15.5 Å². The summed E-state index contributed by atoms with van der Waals surface area (Å²) in [5.74, 6) is 1.77. The largest absolute Gasteiger partial charge is 0.357 e. The number of halogens is 1. The molecule has 2 rings (SSSR count). The number of hydrogen-bond acceptors (Lipinski definition) is 2. The molecule has 0 atom stereocenters. The van der Waals surface area contributed by atoms with E-state index in [9.17, 15) is 4.79 Å². The zero-order chi connectivity index (χ0) is 18.8. The van der Waals surface area contributed by atoms with Gasteiger partial charge >= 0.3 is 0 Å². The van der Waals surface area contributed by atoms with Crippen molar-refractivity contribution in [3.05, 3.63) is 35.4 Å². The van der Waals surface area contributed by atoms with Crippen LogP contribution < -0.4 is 10.6 Å². The Balaban J connectivity index is 0.00000364. The summed E-state index contributed by atoms with van der Waals surface area (Å²) < 4.78 is 0. The first-order valence-electron chi connectivity index (χ1n) is 9.93. The lowest BCUT2D eigenvalue weighted by Gasteiger charge is -2.22. The van der Waals surface area contributed by atoms with Crippen molar-refractivity contribution in [3.63, 3.8) is 0 Å². The molecule has 1 aliphatic rings. The molecule has 2 N–H and O–H groups in total. The molecule has 1 saturated carbocycles. The van der Waals surface area contributed by atoms with Crippen LogP contribution >= 0.6 is 24.0 Å². The number of aliphatic imine (C=N–C) groups is 1. The van der Waals surface area contributed by atoms with E-state index in [1.165, 1.54) is 38.5 Å². The summed E-state index contributed by atoms with van der Waals surface area (Å²) in [6.45, 7) is 4.52. The molecule has 152 valence electrons. The zero-order valence-electron chi connectivity index (χ0n) is 17.0. The summed E-state index contributed by atoms with van der Waals surface area (Å²) in [7, 11) is 3.53. The number of benzene rings is 1. The van der Waals surface area contributed by atoms with Gasteiger partial charge in [0.1, 0.15) is 0 Å². The molecule has 0 aliphatic heterocycles. The average molecular weight is 486 g/mol. The van der Waals surface area contributed by atoms with Gasteiger partial charge in [0.05, 0.1) is 6.54 Å². The van der Waals surface area contributed by atoms with Gasteiger partial charge in [-0.25, -0.2) is 4.99 Å². The first kappa shape index (κ1) is 23.7. The monoisotopic (exact) mass is 486 g/mol. The maximum atomic E-state index is 11.9. The Bertz CT molecular complexity index is 580. The number of carbonyl (C=O) groups excluding carboxylic acids is 1. The molecule has 0 unspecified atom stereocenters. The number of amides is 1. The predicted molar refractivity (Wildman–Crippen MR) is 124 cm³/mol. The zero-order valence-corrected chi connectivity index (χ0v) is 19.3. The first-order valence-corrected chi connectivity index (χ1v) is 9.93. The Morgan fingerprint density at radius 1 is 1.11 bits per heavy atom. The molecule has 0 radical (unpaired) electrons. The first-order chi connectivity index (χ1) is 12.6. The maximum absolute atomic E-state index is 11.9. The Morgan fingerprint density at radius 3 is 2.37 bits per heavy atom. The summed E-state index contributed by atoms with van der Waals surface area (Å²) >= 11 is 0. The van der Waals surface area contributed by atoms with Crippen LogP contribution in [0.25, 0.3) is 0 Å². The molecule has 1 aromatic carbocycles. The van der Waals surface area contributed by atoms with Crippen LogP contribution in [-0.2, 0) is 6.54 Å². The minimum atomic E-state index is 0. The fourth-order valence-corrected chi connectivity index (χ4v) is 3.39. The third-order valence-electron chi connectivity index (χ3n) is 4.94. The second-order valence-corrected chi connectivity index (χ2v) is 7.31. The molecule has 1 aromatic rings. The van der Waals surface area contributed by atoms with E-state index in [-0.39, 0.29) is 29.9 Å². The Hall–Kier alpha value is -1.31. The van der Waals surface area contributed by atoms with Gasteiger partial charge in [-0.2, -0.15) is 0 Å². The quantitative estimate of drug-likeness (QED) is 0.348. The van der Waals surface area contributed by atoms with Crippen molar-refractivity contribution in [2.75, 3.05) is 27.2 Å². The van der Waals surface area contributed by atoms with Gasteiger partial charge in [-0.3, -0.25) is 4.79 Å². The third kappa shape index (κ3) is 8.49. The van der Waals surface area contributed by atoms with Crippen LogP contribution in [0.5, 0.6) is 0 Å². The minimum Gasteiger partial charge on any atom is -0.357 e. The van der Waals surface area contributed by atoms with Gasteiger partial charge in [0, 0.05) is 32.7 Å². The van der Waals surface area contributed by atoms with Crippen molar-refractivity contribution in [2.45, 2.75) is 52.0 Å². The lowest BCUT2D eigenvalue weighted by atomic mass is 9.87. The maximum Gasteiger partial charge on any atom is 0.253 e. The standard InChI is InChI=1S/C21H34N4O.HI/c1-4-22-21(23-15-14-17-8-6-5-7-9-17)24-16-18-10-12-19(13-11-18)20(26)25(2)3;/h10-13,17H,4-9,14-16H2,1-3H3,(H2,22,23,24);1H. The highest BCUT2D eigenvalue weighted by atomic mass is 127. The van der Waals surface area contributed by atoms with Crippen LogP contribution in [0.2, 0.25) is 0 Å². The van der Waals surface area contributed by atoms with Gasteiger partial charge in [0.2, 0.25) is 0 Å². The fourth-order valence-electron chi connectivity index (χ4n) is 3.39. The predicted octanol–water partition coefficient (Wildman–Crippen LogP) is 4.03. The smallest absolute Gasteiger partial charge is 0.253 e. The van der Waals surface area contributed by atoms with Gasteiger partial charge in [0.15, 0.2) is 5.96 Å². The summed E-state index contributed by atoms with van der Waals surface area (Å²) in [6.07, 6.45) is 8.19. The number of guanidine groups is 1. The van der Waals surface area contributed by atoms with E-state index >= 15 is 0 Å². The van der Waals surface area contributed by atoms with E-state index in [4.69, 9.17) is 0 Å². The number of nitrogens with zero attached hydrogens (tertiary/aromatic N) is 2. The van der Waals surface area contributed by atoms with E-state index < -0.39 is 0 Å². The summed E-state index contributed by atoms with van der Waals surface area (Å²) in [5.41, 5.74) is 1.81. The van der Waals surface area contributed by atoms with E-state index in [1.54, 1.807) is 19.0 Å². The molecule has 0 spiro atoms. The molecule has 1 fully saturated rings. The van der Waals surface area contributed by atoms with Crippen molar-refractivity contribution in [3.8, 4) is 0 Å². The summed E-state index contributed by atoms with van der Waals surface area (Å²) in [6, 6.07) is 7.70. The van der Waals surface area contributed by atoms with Crippen molar-refractivity contribution >= 4 is 35.8 Å². The van der Waals surface area contributed by atoms with E-state index in [2.05, 4.69) is 22.5 Å². The van der Waals surface area contributed by atoms with E-state index in [0.717, 1.165) is 30.5 Å². The molecule has 1 amide bonds. The molecule has 27 heavy (non-hydrogen) atoms. The lowest BCUT2D eigenvalue weighted by Crippen LogP contribution is -2.38. The van der Waals surface area contributed by atoms with E-state index in [1.807, 2.05) is 24.3 Å². The highest BCUT2D eigenvalue weighted by molar-refractivity contribution is 14.0. The lowest BCUT2D eigenvalue weighted by molar-refractivity contribution is 0.0827. The molecule has 6 heteroatoms. The molecular weight excluding hydrogens is 451 g/mol. The van der Waals surface area contributed by atoms with E-state index in [0.29, 0.717) is 12.1 Å². The van der Waals surface area contributed by atoms with Crippen molar-refractivity contribution < 1.29 is 4.79 Å². The molecule has 5 nitrogen and oxygen atoms in total. The minimum absolute atomic E-state index is 0. The van der Waals surface area contributed by atoms with Gasteiger partial charge < -0.3 is 15.5 Å². The molecule has 0 aromatic heterocycles. The fraction of sp³-hybridized carbons (Fsp3) is 0.619. The van der Waals surface area contributed by atoms with Gasteiger partial charge in [-0.05, 0) is 37.0 Å². The third-order valence-corrected chi connectivity index (χ3v) is 4.94. The number of nitrogens with one attached hydrogen (secondary N) is 2. The highest BCUT2D eigenvalue weighted by Crippen LogP contribution is 2.25. The molecule has 1 aliphatic carbocycles. The Morgan fingerprint density at radius 2 is 1.78 bits per heavy atom. The molecular formula is C21H35IN4O. The van der Waals surface area contributed by atoms with Crippen molar-refractivity contribution in [2.24, 2.45) is 10.9 Å². The van der Waals surface area contributed by atoms with Crippen LogP contribution in [0, 0.1) is 5.92 Å². The summed E-state index contributed by atoms with van der Waals surface area (Å²) in [5, 5.41) is 6.77. The highest BCUT2D eigenvalue weighted by Gasteiger charge is 2.13. The molecule has 0 heterocycles. The van der Waals surface area contributed by atoms with Crippen LogP contribution in [0.4, 0.5) is 0 Å². The molecule has 0 saturated heterocycles. The number of carbonyl (C=O) groups is 1. The van der Waals surface area contributed by atoms with Crippen LogP contribution in [0.1, 0.15) is 61.4 Å². The molecule has 0 bridgehead atoms. The number of rotatable bonds is 7. The van der Waals surface area contributed by atoms with Crippen LogP contribution in [-0.4, -0.2) is 44.0 Å². The Kier molecular flexibility index (Phi) is 11.4. The van der Waals surface area contributed by atoms with Gasteiger partial charge in [-0.1, -0.05) is 44.2 Å². The van der Waals surface area contributed by atoms with Crippen molar-refractivity contribution in [1.29, 1.82) is 0 Å². The van der Waals surface area contributed by atoms with Crippen LogP contribution in [0.15, 0.2) is 29.3 Å². The Labute approximate surface area is 181 Å². The average Bonchev–Trinajstić information content (AvgIpc) is 2.66. The van der Waals surface area contributed by atoms with Crippen LogP contribution in [0.3, 0.4) is 0 Å². The van der Waals surface area contributed by atoms with Gasteiger partial charge in [-0.15, -0.1) is 24.0 Å². The second kappa shape index (κ2) is 13.0. The topological polar surface area (TPSA) is 56.7 Å². The SMILES string of the molecule is CCNC(=NCc1ccc(C(=O)N(C)C)cc1)NCCC1CCCCC1.I.